The van der Waals surface area contributed by atoms with Gasteiger partial charge < -0.3 is 10.7 Å². The lowest BCUT2D eigenvalue weighted by atomic mass is 10.1. The van der Waals surface area contributed by atoms with Gasteiger partial charge in [0.15, 0.2) is 0 Å². The van der Waals surface area contributed by atoms with E-state index in [0.717, 1.165) is 16.5 Å². The summed E-state index contributed by atoms with van der Waals surface area (Å²) in [4.78, 5) is 13.8. The Morgan fingerprint density at radius 3 is 3.00 bits per heavy atom. The highest BCUT2D eigenvalue weighted by molar-refractivity contribution is 5.95. The van der Waals surface area contributed by atoms with Gasteiger partial charge in [0, 0.05) is 23.2 Å². The van der Waals surface area contributed by atoms with Crippen LogP contribution in [0.3, 0.4) is 0 Å². The predicted molar refractivity (Wildman–Crippen MR) is 61.3 cm³/mol. The molecule has 0 radical (unpaired) electrons. The third kappa shape index (κ3) is 1.91. The number of amides is 1. The molecule has 0 atom stereocenters. The van der Waals surface area contributed by atoms with Crippen LogP contribution in [0.25, 0.3) is 17.0 Å². The maximum Gasteiger partial charge on any atom is 0.241 e. The normalized spacial score (nSPS) is 11.3. The fraction of sp³-hybridized carbons (Fsp3) is 0.0833. The molecule has 2 aromatic rings. The first-order valence-corrected chi connectivity index (χ1v) is 4.72. The Morgan fingerprint density at radius 1 is 1.47 bits per heavy atom. The van der Waals surface area contributed by atoms with E-state index >= 15 is 0 Å². The van der Waals surface area contributed by atoms with Crippen molar-refractivity contribution in [3.63, 3.8) is 0 Å². The van der Waals surface area contributed by atoms with Gasteiger partial charge in [-0.1, -0.05) is 12.1 Å². The van der Waals surface area contributed by atoms with Crippen molar-refractivity contribution in [1.82, 2.24) is 4.98 Å². The molecule has 0 saturated carbocycles. The van der Waals surface area contributed by atoms with Crippen LogP contribution < -0.4 is 5.73 Å². The number of H-pyrrole nitrogens is 1. The molecular weight excluding hydrogens is 188 g/mol. The van der Waals surface area contributed by atoms with Gasteiger partial charge in [-0.25, -0.2) is 0 Å². The molecule has 1 amide bonds. The van der Waals surface area contributed by atoms with Gasteiger partial charge in [-0.3, -0.25) is 4.79 Å². The molecule has 76 valence electrons. The summed E-state index contributed by atoms with van der Waals surface area (Å²) in [6.45, 7) is 2.04. The Bertz CT molecular complexity index is 538. The van der Waals surface area contributed by atoms with Crippen LogP contribution in [0, 0.1) is 6.92 Å². The maximum absolute atomic E-state index is 10.6. The second kappa shape index (κ2) is 3.61. The summed E-state index contributed by atoms with van der Waals surface area (Å²) in [5.41, 5.74) is 8.29. The third-order valence-electron chi connectivity index (χ3n) is 2.30. The van der Waals surface area contributed by atoms with Gasteiger partial charge in [-0.15, -0.1) is 0 Å². The lowest BCUT2D eigenvalue weighted by molar-refractivity contribution is -0.113. The van der Waals surface area contributed by atoms with Crippen molar-refractivity contribution in [2.45, 2.75) is 6.92 Å². The number of hydrogen-bond donors (Lipinski definition) is 2. The van der Waals surface area contributed by atoms with E-state index in [1.807, 2.05) is 25.3 Å². The van der Waals surface area contributed by atoms with Crippen LogP contribution in [-0.2, 0) is 4.79 Å². The van der Waals surface area contributed by atoms with Gasteiger partial charge in [0.2, 0.25) is 5.91 Å². The number of aromatic nitrogens is 1. The van der Waals surface area contributed by atoms with Crippen molar-refractivity contribution in [1.29, 1.82) is 0 Å². The minimum atomic E-state index is -0.434. The number of hydrogen-bond acceptors (Lipinski definition) is 1. The van der Waals surface area contributed by atoms with Crippen LogP contribution in [-0.4, -0.2) is 10.9 Å². The number of carbonyl (C=O) groups excluding carboxylic acids is 1. The minimum Gasteiger partial charge on any atom is -0.366 e. The van der Waals surface area contributed by atoms with E-state index in [2.05, 4.69) is 11.1 Å². The fourth-order valence-corrected chi connectivity index (χ4v) is 1.57. The van der Waals surface area contributed by atoms with Gasteiger partial charge in [-0.05, 0) is 30.2 Å². The average Bonchev–Trinajstić information content (AvgIpc) is 2.57. The molecule has 1 aromatic carbocycles. The molecule has 0 aliphatic heterocycles. The van der Waals surface area contributed by atoms with Gasteiger partial charge in [0.05, 0.1) is 0 Å². The van der Waals surface area contributed by atoms with E-state index in [4.69, 9.17) is 5.73 Å². The average molecular weight is 200 g/mol. The summed E-state index contributed by atoms with van der Waals surface area (Å²) in [6, 6.07) is 6.14. The second-order valence-electron chi connectivity index (χ2n) is 3.53. The monoisotopic (exact) mass is 200 g/mol. The number of primary amides is 1. The van der Waals surface area contributed by atoms with Crippen molar-refractivity contribution in [3.8, 4) is 0 Å². The van der Waals surface area contributed by atoms with E-state index in [-0.39, 0.29) is 0 Å². The molecule has 0 bridgehead atoms. The number of rotatable bonds is 2. The van der Waals surface area contributed by atoms with E-state index in [9.17, 15) is 4.79 Å². The Morgan fingerprint density at radius 2 is 2.27 bits per heavy atom. The molecule has 0 aliphatic carbocycles. The smallest absolute Gasteiger partial charge is 0.241 e. The van der Waals surface area contributed by atoms with Crippen molar-refractivity contribution >= 4 is 22.9 Å². The fourth-order valence-electron chi connectivity index (χ4n) is 1.57. The molecule has 0 spiro atoms. The van der Waals surface area contributed by atoms with Crippen LogP contribution in [0.4, 0.5) is 0 Å². The SMILES string of the molecule is Cc1ccc2c(C=CC(N)=O)c[nH]c2c1. The second-order valence-corrected chi connectivity index (χ2v) is 3.53. The molecule has 3 N–H and O–H groups in total. The largest absolute Gasteiger partial charge is 0.366 e. The number of aryl methyl sites for hydroxylation is 1. The molecule has 0 unspecified atom stereocenters. The highest BCUT2D eigenvalue weighted by Crippen LogP contribution is 2.20. The molecule has 0 fully saturated rings. The molecule has 0 aliphatic rings. The summed E-state index contributed by atoms with van der Waals surface area (Å²) >= 11 is 0. The zero-order valence-corrected chi connectivity index (χ0v) is 8.45. The van der Waals surface area contributed by atoms with Crippen molar-refractivity contribution in [2.24, 2.45) is 5.73 Å². The Balaban J connectivity index is 2.50. The molecular formula is C12H12N2O. The van der Waals surface area contributed by atoms with Crippen LogP contribution in [0.2, 0.25) is 0 Å². The number of fused-ring (bicyclic) bond motifs is 1. The lowest BCUT2D eigenvalue weighted by Crippen LogP contribution is -2.04. The van der Waals surface area contributed by atoms with Crippen molar-refractivity contribution in [2.75, 3.05) is 0 Å². The number of nitrogens with one attached hydrogen (secondary N) is 1. The first kappa shape index (κ1) is 9.52. The van der Waals surface area contributed by atoms with Gasteiger partial charge in [0.25, 0.3) is 0 Å². The zero-order chi connectivity index (χ0) is 10.8. The molecule has 3 nitrogen and oxygen atoms in total. The molecule has 3 heteroatoms. The predicted octanol–water partition coefficient (Wildman–Crippen LogP) is 1.97. The summed E-state index contributed by atoms with van der Waals surface area (Å²) in [5, 5.41) is 1.10. The topological polar surface area (TPSA) is 58.9 Å². The van der Waals surface area contributed by atoms with Crippen LogP contribution in [0.15, 0.2) is 30.5 Å². The maximum atomic E-state index is 10.6. The first-order valence-electron chi connectivity index (χ1n) is 4.72. The molecule has 2 rings (SSSR count). The molecule has 15 heavy (non-hydrogen) atoms. The van der Waals surface area contributed by atoms with Crippen molar-refractivity contribution < 1.29 is 4.79 Å². The van der Waals surface area contributed by atoms with Gasteiger partial charge in [0.1, 0.15) is 0 Å². The number of benzene rings is 1. The van der Waals surface area contributed by atoms with E-state index in [1.165, 1.54) is 11.6 Å². The Kier molecular flexibility index (Phi) is 2.29. The number of carbonyl (C=O) groups is 1. The van der Waals surface area contributed by atoms with E-state index in [1.54, 1.807) is 6.08 Å². The Hall–Kier alpha value is -2.03. The number of aromatic amines is 1. The lowest BCUT2D eigenvalue weighted by Gasteiger charge is -1.93. The number of nitrogens with two attached hydrogens (primary N) is 1. The molecule has 1 heterocycles. The third-order valence-corrected chi connectivity index (χ3v) is 2.30. The van der Waals surface area contributed by atoms with Crippen LogP contribution >= 0.6 is 0 Å². The van der Waals surface area contributed by atoms with Crippen molar-refractivity contribution in [3.05, 3.63) is 41.6 Å². The summed E-state index contributed by atoms with van der Waals surface area (Å²) < 4.78 is 0. The summed E-state index contributed by atoms with van der Waals surface area (Å²) in [6.07, 6.45) is 4.95. The van der Waals surface area contributed by atoms with E-state index in [0.29, 0.717) is 0 Å². The standard InChI is InChI=1S/C12H12N2O/c1-8-2-4-10-9(3-5-12(13)15)7-14-11(10)6-8/h2-7,14H,1H3,(H2,13,15). The first-order chi connectivity index (χ1) is 7.16. The van der Waals surface area contributed by atoms with Gasteiger partial charge in [-0.2, -0.15) is 0 Å². The highest BCUT2D eigenvalue weighted by Gasteiger charge is 2.00. The van der Waals surface area contributed by atoms with Crippen LogP contribution in [0.5, 0.6) is 0 Å². The molecule has 1 aromatic heterocycles. The molecule has 0 saturated heterocycles. The minimum absolute atomic E-state index is 0.434. The summed E-state index contributed by atoms with van der Waals surface area (Å²) in [7, 11) is 0. The zero-order valence-electron chi connectivity index (χ0n) is 8.45. The van der Waals surface area contributed by atoms with Gasteiger partial charge >= 0.3 is 0 Å². The van der Waals surface area contributed by atoms with E-state index < -0.39 is 5.91 Å². The quantitative estimate of drug-likeness (QED) is 0.715. The highest BCUT2D eigenvalue weighted by atomic mass is 16.1. The Labute approximate surface area is 87.6 Å². The summed E-state index contributed by atoms with van der Waals surface area (Å²) in [5.74, 6) is -0.434. The van der Waals surface area contributed by atoms with Crippen LogP contribution in [0.1, 0.15) is 11.1 Å².